The number of nitrogens with zero attached hydrogens (tertiary/aromatic N) is 7. The number of carbonyl (C=O) groups excluding carboxylic acids is 1. The fourth-order valence-electron chi connectivity index (χ4n) is 8.42. The molecule has 11 nitrogen and oxygen atoms in total. The van der Waals surface area contributed by atoms with Gasteiger partial charge in [-0.1, -0.05) is 0 Å². The first kappa shape index (κ1) is 26.0. The van der Waals surface area contributed by atoms with Crippen molar-refractivity contribution in [2.24, 2.45) is 11.3 Å². The molecule has 1 saturated heterocycles. The van der Waals surface area contributed by atoms with Crippen molar-refractivity contribution in [3.63, 3.8) is 0 Å². The Morgan fingerprint density at radius 2 is 2.09 bits per heavy atom. The lowest BCUT2D eigenvalue weighted by molar-refractivity contribution is -0.117. The number of anilines is 1. The van der Waals surface area contributed by atoms with Gasteiger partial charge in [0.1, 0.15) is 24.2 Å². The Bertz CT molecular complexity index is 1850. The van der Waals surface area contributed by atoms with Crippen molar-refractivity contribution in [3.8, 4) is 23.1 Å². The van der Waals surface area contributed by atoms with Crippen molar-refractivity contribution >= 4 is 17.2 Å². The smallest absolute Gasteiger partial charge is 0.273 e. The van der Waals surface area contributed by atoms with Gasteiger partial charge < -0.3 is 20.1 Å². The van der Waals surface area contributed by atoms with Crippen molar-refractivity contribution in [2.45, 2.75) is 62.8 Å². The molecule has 5 atom stereocenters. The lowest BCUT2D eigenvalue weighted by Crippen LogP contribution is -2.89. The molecule has 5 unspecified atom stereocenters. The molecule has 4 aromatic heterocycles. The highest BCUT2D eigenvalue weighted by molar-refractivity contribution is 5.93. The Labute approximate surface area is 246 Å². The van der Waals surface area contributed by atoms with Crippen LogP contribution in [-0.4, -0.2) is 65.4 Å². The lowest BCUT2D eigenvalue weighted by Gasteiger charge is -2.77. The van der Waals surface area contributed by atoms with E-state index in [0.29, 0.717) is 34.0 Å². The summed E-state index contributed by atoms with van der Waals surface area (Å²) in [6.45, 7) is 3.40. The fraction of sp³-hybridized carbons (Fsp3) is 0.419. The molecule has 1 amide bonds. The van der Waals surface area contributed by atoms with Gasteiger partial charge in [0.2, 0.25) is 0 Å². The van der Waals surface area contributed by atoms with Crippen LogP contribution in [0.2, 0.25) is 0 Å². The molecule has 43 heavy (non-hydrogen) atoms. The monoisotopic (exact) mass is 580 g/mol. The van der Waals surface area contributed by atoms with E-state index in [2.05, 4.69) is 26.4 Å². The van der Waals surface area contributed by atoms with Crippen LogP contribution < -0.4 is 15.0 Å². The molecular formula is C31H29FN8O3. The largest absolute Gasteiger partial charge is 0.489 e. The standard InChI is InChI=1S/C31H29FN8O3/c1-29(2,42)16-43-19-7-20(27-18(11-33)12-37-39(27)15-19)22-13-36-25(14-35-22)40-23-6-17-8-30(10-24(40)31(23,30)9-17)38-28(41)26-21(32)4-3-5-34-26/h3-5,7,12-15,17,23-24,42H,6,8-10,16H2,1-2H3,(H,38,41). The second-order valence-electron chi connectivity index (χ2n) is 13.0. The van der Waals surface area contributed by atoms with Crippen LogP contribution in [0, 0.1) is 28.5 Å². The van der Waals surface area contributed by atoms with E-state index in [9.17, 15) is 19.6 Å². The number of fused-ring (bicyclic) bond motifs is 2. The van der Waals surface area contributed by atoms with Gasteiger partial charge in [0.05, 0.1) is 52.7 Å². The predicted octanol–water partition coefficient (Wildman–Crippen LogP) is 3.28. The Morgan fingerprint density at radius 1 is 1.23 bits per heavy atom. The Balaban J connectivity index is 1.07. The maximum absolute atomic E-state index is 14.3. The molecule has 1 spiro atoms. The summed E-state index contributed by atoms with van der Waals surface area (Å²) in [6.07, 6.45) is 11.8. The summed E-state index contributed by atoms with van der Waals surface area (Å²) in [5, 5.41) is 27.4. The minimum absolute atomic E-state index is 0.0451. The summed E-state index contributed by atoms with van der Waals surface area (Å²) in [6, 6.07) is 7.17. The minimum Gasteiger partial charge on any atom is -0.489 e. The third kappa shape index (κ3) is 3.57. The zero-order chi connectivity index (χ0) is 29.7. The molecular weight excluding hydrogens is 551 g/mol. The first-order valence-corrected chi connectivity index (χ1v) is 14.4. The zero-order valence-electron chi connectivity index (χ0n) is 23.7. The van der Waals surface area contributed by atoms with Crippen molar-refractivity contribution in [1.29, 1.82) is 5.26 Å². The van der Waals surface area contributed by atoms with Crippen LogP contribution in [0.1, 0.15) is 55.6 Å². The average Bonchev–Trinajstić information content (AvgIpc) is 3.63. The van der Waals surface area contributed by atoms with E-state index >= 15 is 0 Å². The van der Waals surface area contributed by atoms with Gasteiger partial charge in [-0.3, -0.25) is 9.78 Å². The van der Waals surface area contributed by atoms with E-state index in [0.717, 1.165) is 31.5 Å². The molecule has 0 aromatic carbocycles. The topological polar surface area (TPSA) is 142 Å². The van der Waals surface area contributed by atoms with Crippen LogP contribution in [0.5, 0.6) is 5.75 Å². The quantitative estimate of drug-likeness (QED) is 0.337. The number of hydrogen-bond acceptors (Lipinski definition) is 9. The van der Waals surface area contributed by atoms with Gasteiger partial charge in [0, 0.05) is 29.3 Å². The highest BCUT2D eigenvalue weighted by Gasteiger charge is 2.84. The van der Waals surface area contributed by atoms with E-state index < -0.39 is 17.3 Å². The summed E-state index contributed by atoms with van der Waals surface area (Å²) in [7, 11) is 0. The van der Waals surface area contributed by atoms with Gasteiger partial charge in [-0.2, -0.15) is 10.4 Å². The molecule has 0 radical (unpaired) electrons. The summed E-state index contributed by atoms with van der Waals surface area (Å²) in [5.41, 5.74) is 0.639. The third-order valence-corrected chi connectivity index (χ3v) is 9.92. The summed E-state index contributed by atoms with van der Waals surface area (Å²) in [5.74, 6) is 0.684. The molecule has 3 saturated carbocycles. The number of ether oxygens (including phenoxy) is 1. The Kier molecular flexibility index (Phi) is 5.27. The van der Waals surface area contributed by atoms with Crippen LogP contribution in [0.25, 0.3) is 16.8 Å². The SMILES string of the molecule is CC(C)(O)COc1cc(-c2cnc(N3C4CC5CC6(NC(=O)c7ncccc7F)CC3C46C5)cn2)c2c(C#N)cnn2c1. The molecule has 218 valence electrons. The maximum Gasteiger partial charge on any atom is 0.273 e. The number of amides is 1. The fourth-order valence-corrected chi connectivity index (χ4v) is 8.42. The molecule has 4 aromatic rings. The van der Waals surface area contributed by atoms with Crippen molar-refractivity contribution < 1.29 is 19.0 Å². The first-order chi connectivity index (χ1) is 20.6. The molecule has 1 aliphatic heterocycles. The number of halogens is 1. The highest BCUT2D eigenvalue weighted by Crippen LogP contribution is 2.78. The molecule has 5 heterocycles. The van der Waals surface area contributed by atoms with Crippen LogP contribution in [0.4, 0.5) is 10.2 Å². The van der Waals surface area contributed by atoms with Gasteiger partial charge in [-0.05, 0) is 63.6 Å². The minimum atomic E-state index is -1.02. The van der Waals surface area contributed by atoms with Crippen LogP contribution in [-0.2, 0) is 0 Å². The molecule has 4 aliphatic rings. The predicted molar refractivity (Wildman–Crippen MR) is 152 cm³/mol. The molecule has 2 bridgehead atoms. The van der Waals surface area contributed by atoms with Crippen molar-refractivity contribution in [1.82, 2.24) is 29.9 Å². The first-order valence-electron chi connectivity index (χ1n) is 14.4. The normalized spacial score (nSPS) is 28.2. The van der Waals surface area contributed by atoms with Gasteiger partial charge in [-0.15, -0.1) is 0 Å². The van der Waals surface area contributed by atoms with Crippen molar-refractivity contribution in [3.05, 3.63) is 66.3 Å². The number of aliphatic hydroxyl groups is 1. The number of nitrogens with one attached hydrogen (secondary N) is 1. The third-order valence-electron chi connectivity index (χ3n) is 9.92. The van der Waals surface area contributed by atoms with Crippen LogP contribution in [0.15, 0.2) is 49.2 Å². The van der Waals surface area contributed by atoms with E-state index in [1.165, 1.54) is 24.5 Å². The second kappa shape index (κ2) is 8.70. The summed E-state index contributed by atoms with van der Waals surface area (Å²) in [4.78, 5) is 29.0. The Morgan fingerprint density at radius 3 is 2.84 bits per heavy atom. The van der Waals surface area contributed by atoms with Gasteiger partial charge in [0.25, 0.3) is 5.91 Å². The van der Waals surface area contributed by atoms with Crippen LogP contribution in [0.3, 0.4) is 0 Å². The van der Waals surface area contributed by atoms with Gasteiger partial charge in [-0.25, -0.2) is 18.9 Å². The number of carbonyl (C=O) groups is 1. The average molecular weight is 581 g/mol. The van der Waals surface area contributed by atoms with E-state index in [1.54, 1.807) is 43.0 Å². The number of nitriles is 1. The molecule has 3 aliphatic carbocycles. The van der Waals surface area contributed by atoms with Gasteiger partial charge >= 0.3 is 0 Å². The summed E-state index contributed by atoms with van der Waals surface area (Å²) >= 11 is 0. The molecule has 2 N–H and O–H groups in total. The number of pyridine rings is 2. The Hall–Kier alpha value is -4.63. The molecule has 4 fully saturated rings. The van der Waals surface area contributed by atoms with E-state index in [-0.39, 0.29) is 35.3 Å². The lowest BCUT2D eigenvalue weighted by atomic mass is 9.43. The highest BCUT2D eigenvalue weighted by atomic mass is 19.1. The number of piperidine rings is 1. The van der Waals surface area contributed by atoms with Gasteiger partial charge in [0.15, 0.2) is 11.5 Å². The summed E-state index contributed by atoms with van der Waals surface area (Å²) < 4.78 is 21.7. The van der Waals surface area contributed by atoms with Crippen LogP contribution >= 0.6 is 0 Å². The number of aromatic nitrogens is 5. The second-order valence-corrected chi connectivity index (χ2v) is 13.0. The maximum atomic E-state index is 14.3. The van der Waals surface area contributed by atoms with Crippen molar-refractivity contribution in [2.75, 3.05) is 11.5 Å². The molecule has 8 rings (SSSR count). The number of rotatable bonds is 7. The molecule has 12 heteroatoms. The zero-order valence-corrected chi connectivity index (χ0v) is 23.7. The number of hydrogen-bond donors (Lipinski definition) is 2. The van der Waals surface area contributed by atoms with E-state index in [1.807, 2.05) is 0 Å². The van der Waals surface area contributed by atoms with E-state index in [4.69, 9.17) is 14.7 Å².